The lowest BCUT2D eigenvalue weighted by Gasteiger charge is -2.15. The SMILES string of the molecule is CC(C(=O)Nc1ncc(SCc2ncc(C(C)(C)C)o2)s1)c1ccc(C2=CCCNC2)nc1. The Kier molecular flexibility index (Phi) is 7.31. The van der Waals surface area contributed by atoms with Gasteiger partial charge < -0.3 is 15.1 Å². The van der Waals surface area contributed by atoms with E-state index in [0.29, 0.717) is 16.8 Å². The molecule has 0 radical (unpaired) electrons. The summed E-state index contributed by atoms with van der Waals surface area (Å²) in [5.41, 5.74) is 2.98. The van der Waals surface area contributed by atoms with Gasteiger partial charge in [0.05, 0.1) is 34.0 Å². The van der Waals surface area contributed by atoms with Gasteiger partial charge in [0.1, 0.15) is 5.76 Å². The molecule has 7 nitrogen and oxygen atoms in total. The van der Waals surface area contributed by atoms with Crippen molar-refractivity contribution in [3.63, 3.8) is 0 Å². The first-order valence-electron chi connectivity index (χ1n) is 11.0. The maximum absolute atomic E-state index is 12.8. The molecule has 33 heavy (non-hydrogen) atoms. The Bertz CT molecular complexity index is 1130. The lowest BCUT2D eigenvalue weighted by atomic mass is 9.94. The van der Waals surface area contributed by atoms with Crippen molar-refractivity contribution in [3.8, 4) is 0 Å². The second-order valence-corrected chi connectivity index (χ2v) is 11.3. The van der Waals surface area contributed by atoms with Crippen LogP contribution in [-0.4, -0.2) is 33.9 Å². The third kappa shape index (κ3) is 6.10. The summed E-state index contributed by atoms with van der Waals surface area (Å²) in [5.74, 6) is 1.75. The van der Waals surface area contributed by atoms with Gasteiger partial charge in [0, 0.05) is 18.2 Å². The monoisotopic (exact) mass is 483 g/mol. The number of pyridine rings is 1. The fourth-order valence-corrected chi connectivity index (χ4v) is 5.02. The van der Waals surface area contributed by atoms with E-state index >= 15 is 0 Å². The number of oxazole rings is 1. The van der Waals surface area contributed by atoms with Crippen LogP contribution in [0.5, 0.6) is 0 Å². The fourth-order valence-electron chi connectivity index (χ4n) is 3.30. The van der Waals surface area contributed by atoms with Crippen LogP contribution in [0, 0.1) is 0 Å². The van der Waals surface area contributed by atoms with Crippen LogP contribution in [0.15, 0.2) is 45.4 Å². The molecular weight excluding hydrogens is 454 g/mol. The van der Waals surface area contributed by atoms with Gasteiger partial charge in [-0.05, 0) is 37.1 Å². The molecule has 1 unspecified atom stereocenters. The first-order chi connectivity index (χ1) is 15.8. The van der Waals surface area contributed by atoms with Crippen molar-refractivity contribution in [2.24, 2.45) is 0 Å². The maximum atomic E-state index is 12.8. The van der Waals surface area contributed by atoms with Crippen LogP contribution in [0.3, 0.4) is 0 Å². The van der Waals surface area contributed by atoms with Gasteiger partial charge in [0.15, 0.2) is 5.13 Å². The number of hydrogen-bond acceptors (Lipinski definition) is 8. The fraction of sp³-hybridized carbons (Fsp3) is 0.417. The summed E-state index contributed by atoms with van der Waals surface area (Å²) in [6.07, 6.45) is 8.59. The topological polar surface area (TPSA) is 92.9 Å². The van der Waals surface area contributed by atoms with Gasteiger partial charge in [0.2, 0.25) is 11.8 Å². The minimum Gasteiger partial charge on any atom is -0.444 e. The van der Waals surface area contributed by atoms with Crippen molar-refractivity contribution in [3.05, 3.63) is 59.7 Å². The number of thiazole rings is 1. The van der Waals surface area contributed by atoms with E-state index in [4.69, 9.17) is 4.42 Å². The quantitative estimate of drug-likeness (QED) is 0.444. The van der Waals surface area contributed by atoms with Gasteiger partial charge in [-0.1, -0.05) is 44.3 Å². The van der Waals surface area contributed by atoms with E-state index < -0.39 is 0 Å². The van der Waals surface area contributed by atoms with Crippen molar-refractivity contribution in [2.45, 2.75) is 55.4 Å². The van der Waals surface area contributed by atoms with E-state index in [9.17, 15) is 4.79 Å². The Labute approximate surface area is 202 Å². The van der Waals surface area contributed by atoms with E-state index in [1.54, 1.807) is 30.4 Å². The largest absolute Gasteiger partial charge is 0.444 e. The molecule has 0 aliphatic carbocycles. The number of amides is 1. The number of thioether (sulfide) groups is 1. The summed E-state index contributed by atoms with van der Waals surface area (Å²) in [6.45, 7) is 10.0. The summed E-state index contributed by atoms with van der Waals surface area (Å²) < 4.78 is 6.83. The molecule has 0 bridgehead atoms. The van der Waals surface area contributed by atoms with E-state index in [1.807, 2.05) is 19.1 Å². The molecule has 0 spiro atoms. The second kappa shape index (κ2) is 10.2. The molecule has 1 atom stereocenters. The number of nitrogens with zero attached hydrogens (tertiary/aromatic N) is 3. The van der Waals surface area contributed by atoms with Crippen LogP contribution >= 0.6 is 23.1 Å². The highest BCUT2D eigenvalue weighted by Gasteiger charge is 2.20. The molecule has 0 saturated carbocycles. The molecule has 1 aliphatic rings. The number of aromatic nitrogens is 3. The highest BCUT2D eigenvalue weighted by Crippen LogP contribution is 2.32. The van der Waals surface area contributed by atoms with Crippen LogP contribution in [0.25, 0.3) is 5.57 Å². The summed E-state index contributed by atoms with van der Waals surface area (Å²) >= 11 is 3.04. The van der Waals surface area contributed by atoms with E-state index in [-0.39, 0.29) is 17.2 Å². The molecular formula is C24H29N5O2S2. The Morgan fingerprint density at radius 1 is 1.24 bits per heavy atom. The van der Waals surface area contributed by atoms with Gasteiger partial charge in [-0.15, -0.1) is 11.8 Å². The highest BCUT2D eigenvalue weighted by molar-refractivity contribution is 8.00. The van der Waals surface area contributed by atoms with Crippen molar-refractivity contribution in [1.29, 1.82) is 0 Å². The van der Waals surface area contributed by atoms with Crippen molar-refractivity contribution >= 4 is 39.7 Å². The zero-order valence-electron chi connectivity index (χ0n) is 19.3. The van der Waals surface area contributed by atoms with Gasteiger partial charge in [-0.25, -0.2) is 9.97 Å². The Hall–Kier alpha value is -2.49. The summed E-state index contributed by atoms with van der Waals surface area (Å²) in [5, 5.41) is 6.87. The first kappa shape index (κ1) is 23.7. The van der Waals surface area contributed by atoms with Crippen molar-refractivity contribution < 1.29 is 9.21 Å². The highest BCUT2D eigenvalue weighted by atomic mass is 32.2. The smallest absolute Gasteiger partial charge is 0.233 e. The molecule has 0 fully saturated rings. The van der Waals surface area contributed by atoms with Gasteiger partial charge in [0.25, 0.3) is 0 Å². The minimum atomic E-state index is -0.326. The number of rotatable bonds is 7. The van der Waals surface area contributed by atoms with Crippen molar-refractivity contribution in [1.82, 2.24) is 20.3 Å². The molecule has 2 N–H and O–H groups in total. The lowest BCUT2D eigenvalue weighted by Crippen LogP contribution is -2.22. The normalized spacial score (nSPS) is 15.2. The Morgan fingerprint density at radius 3 is 2.76 bits per heavy atom. The van der Waals surface area contributed by atoms with E-state index in [0.717, 1.165) is 40.7 Å². The number of carbonyl (C=O) groups is 1. The van der Waals surface area contributed by atoms with Gasteiger partial charge in [-0.3, -0.25) is 9.78 Å². The molecule has 3 aromatic rings. The van der Waals surface area contributed by atoms with E-state index in [2.05, 4.69) is 52.4 Å². The van der Waals surface area contributed by atoms with Crippen LogP contribution in [-0.2, 0) is 16.0 Å². The average molecular weight is 484 g/mol. The first-order valence-corrected chi connectivity index (χ1v) is 12.8. The maximum Gasteiger partial charge on any atom is 0.233 e. The van der Waals surface area contributed by atoms with E-state index in [1.165, 1.54) is 16.9 Å². The summed E-state index contributed by atoms with van der Waals surface area (Å²) in [6, 6.07) is 3.97. The standard InChI is InChI=1S/C24H29N5O2S2/c1-15(16-7-8-18(26-11-16)17-6-5-9-25-10-17)22(30)29-23-28-13-21(33-23)32-14-20-27-12-19(31-20)24(2,3)4/h6-8,11-13,15,25H,5,9-10,14H2,1-4H3,(H,28,29,30). The third-order valence-corrected chi connectivity index (χ3v) is 7.47. The summed E-state index contributed by atoms with van der Waals surface area (Å²) in [4.78, 5) is 26.0. The predicted molar refractivity (Wildman–Crippen MR) is 134 cm³/mol. The molecule has 1 amide bonds. The Morgan fingerprint density at radius 2 is 2.09 bits per heavy atom. The molecule has 0 aromatic carbocycles. The third-order valence-electron chi connectivity index (χ3n) is 5.38. The van der Waals surface area contributed by atoms with Crippen LogP contribution in [0.1, 0.15) is 62.9 Å². The van der Waals surface area contributed by atoms with Crippen LogP contribution in [0.2, 0.25) is 0 Å². The number of carbonyl (C=O) groups excluding carboxylic acids is 1. The molecule has 9 heteroatoms. The number of anilines is 1. The molecule has 4 heterocycles. The zero-order valence-corrected chi connectivity index (χ0v) is 21.0. The molecule has 1 aliphatic heterocycles. The van der Waals surface area contributed by atoms with Crippen LogP contribution < -0.4 is 10.6 Å². The van der Waals surface area contributed by atoms with Crippen molar-refractivity contribution in [2.75, 3.05) is 18.4 Å². The van der Waals surface area contributed by atoms with Gasteiger partial charge >= 0.3 is 0 Å². The Balaban J connectivity index is 1.31. The number of hydrogen-bond donors (Lipinski definition) is 2. The summed E-state index contributed by atoms with van der Waals surface area (Å²) in [7, 11) is 0. The second-order valence-electron chi connectivity index (χ2n) is 9.02. The predicted octanol–water partition coefficient (Wildman–Crippen LogP) is 5.23. The molecule has 3 aromatic heterocycles. The number of nitrogens with one attached hydrogen (secondary N) is 2. The van der Waals surface area contributed by atoms with Crippen LogP contribution in [0.4, 0.5) is 5.13 Å². The molecule has 174 valence electrons. The average Bonchev–Trinajstić information content (AvgIpc) is 3.47. The minimum absolute atomic E-state index is 0.0608. The lowest BCUT2D eigenvalue weighted by molar-refractivity contribution is -0.117. The zero-order chi connectivity index (χ0) is 23.4. The molecule has 4 rings (SSSR count). The van der Waals surface area contributed by atoms with Gasteiger partial charge in [-0.2, -0.15) is 0 Å². The molecule has 0 saturated heterocycles.